The van der Waals surface area contributed by atoms with Gasteiger partial charge in [-0.15, -0.1) is 0 Å². The number of carbonyl (C=O) groups is 1. The Morgan fingerprint density at radius 1 is 1.21 bits per heavy atom. The summed E-state index contributed by atoms with van der Waals surface area (Å²) in [5, 5.41) is 9.48. The molecular formula is C14H20BrNO3. The lowest BCUT2D eigenvalue weighted by Crippen LogP contribution is -2.29. The first-order valence-corrected chi connectivity index (χ1v) is 6.75. The summed E-state index contributed by atoms with van der Waals surface area (Å²) in [4.78, 5) is 13.2. The van der Waals surface area contributed by atoms with Crippen LogP contribution in [-0.2, 0) is 4.79 Å². The summed E-state index contributed by atoms with van der Waals surface area (Å²) in [6.07, 6.45) is 0. The molecule has 0 amide bonds. The van der Waals surface area contributed by atoms with Gasteiger partial charge in [0.05, 0.1) is 7.11 Å². The number of benzene rings is 1. The summed E-state index contributed by atoms with van der Waals surface area (Å²) in [5.41, 5.74) is 3.64. The molecule has 0 radical (unpaired) electrons. The van der Waals surface area contributed by atoms with Gasteiger partial charge in [0.25, 0.3) is 0 Å². The van der Waals surface area contributed by atoms with Crippen molar-refractivity contribution in [2.45, 2.75) is 26.8 Å². The van der Waals surface area contributed by atoms with Crippen LogP contribution in [0.1, 0.15) is 28.3 Å². The highest BCUT2D eigenvalue weighted by Crippen LogP contribution is 2.40. The Labute approximate surface area is 122 Å². The SMILES string of the molecule is COc1c(C)c(C)c(Br)c(C)c1C(C(=O)O)N(C)C. The van der Waals surface area contributed by atoms with E-state index in [1.165, 1.54) is 0 Å². The Kier molecular flexibility index (Phi) is 4.98. The smallest absolute Gasteiger partial charge is 0.325 e. The molecule has 0 aliphatic heterocycles. The van der Waals surface area contributed by atoms with E-state index in [-0.39, 0.29) is 0 Å². The molecular weight excluding hydrogens is 310 g/mol. The Balaban J connectivity index is 3.70. The molecule has 0 saturated heterocycles. The first kappa shape index (κ1) is 16.0. The van der Waals surface area contributed by atoms with Gasteiger partial charge in [-0.25, -0.2) is 0 Å². The average molecular weight is 330 g/mol. The van der Waals surface area contributed by atoms with Gasteiger partial charge < -0.3 is 9.84 Å². The number of hydrogen-bond donors (Lipinski definition) is 1. The van der Waals surface area contributed by atoms with Crippen molar-refractivity contribution in [2.24, 2.45) is 0 Å². The maximum absolute atomic E-state index is 11.6. The summed E-state index contributed by atoms with van der Waals surface area (Å²) >= 11 is 3.54. The predicted molar refractivity (Wildman–Crippen MR) is 79.0 cm³/mol. The molecule has 1 rings (SSSR count). The molecule has 0 fully saturated rings. The third-order valence-electron chi connectivity index (χ3n) is 3.44. The van der Waals surface area contributed by atoms with Gasteiger partial charge in [0.2, 0.25) is 0 Å². The van der Waals surface area contributed by atoms with Crippen molar-refractivity contribution >= 4 is 21.9 Å². The number of ether oxygens (including phenoxy) is 1. The summed E-state index contributed by atoms with van der Waals surface area (Å²) in [5.74, 6) is -0.235. The summed E-state index contributed by atoms with van der Waals surface area (Å²) in [6, 6.07) is -0.731. The van der Waals surface area contributed by atoms with E-state index in [0.29, 0.717) is 11.3 Å². The van der Waals surface area contributed by atoms with E-state index in [0.717, 1.165) is 21.2 Å². The van der Waals surface area contributed by atoms with Crippen molar-refractivity contribution in [3.8, 4) is 5.75 Å². The second kappa shape index (κ2) is 5.92. The minimum Gasteiger partial charge on any atom is -0.496 e. The molecule has 0 bridgehead atoms. The lowest BCUT2D eigenvalue weighted by Gasteiger charge is -2.27. The highest BCUT2D eigenvalue weighted by Gasteiger charge is 2.30. The number of carboxylic acids is 1. The Morgan fingerprint density at radius 3 is 2.11 bits per heavy atom. The molecule has 0 heterocycles. The van der Waals surface area contributed by atoms with E-state index in [9.17, 15) is 9.90 Å². The lowest BCUT2D eigenvalue weighted by atomic mass is 9.93. The molecule has 19 heavy (non-hydrogen) atoms. The molecule has 0 aliphatic rings. The fourth-order valence-electron chi connectivity index (χ4n) is 2.30. The third-order valence-corrected chi connectivity index (χ3v) is 4.63. The predicted octanol–water partition coefficient (Wildman–Crippen LogP) is 3.07. The standard InChI is InChI=1S/C14H20BrNO3/c1-7-8(2)13(19-6)10(9(3)11(7)15)12(14(17)18)16(4)5/h12H,1-6H3,(H,17,18). The van der Waals surface area contributed by atoms with Crippen molar-refractivity contribution in [2.75, 3.05) is 21.2 Å². The molecule has 1 aromatic carbocycles. The molecule has 0 saturated carbocycles. The first-order valence-electron chi connectivity index (χ1n) is 5.96. The molecule has 0 spiro atoms. The van der Waals surface area contributed by atoms with Gasteiger partial charge in [-0.3, -0.25) is 9.69 Å². The van der Waals surface area contributed by atoms with Gasteiger partial charge >= 0.3 is 5.97 Å². The normalized spacial score (nSPS) is 12.6. The molecule has 5 heteroatoms. The number of carboxylic acid groups (broad SMARTS) is 1. The zero-order chi connectivity index (χ0) is 14.9. The fourth-order valence-corrected chi connectivity index (χ4v) is 2.81. The molecule has 0 aromatic heterocycles. The molecule has 1 N–H and O–H groups in total. The Morgan fingerprint density at radius 2 is 1.74 bits per heavy atom. The maximum atomic E-state index is 11.6. The van der Waals surface area contributed by atoms with Gasteiger partial charge in [0, 0.05) is 10.0 Å². The monoisotopic (exact) mass is 329 g/mol. The van der Waals surface area contributed by atoms with Crippen molar-refractivity contribution < 1.29 is 14.6 Å². The zero-order valence-corrected chi connectivity index (χ0v) is 13.8. The third kappa shape index (κ3) is 2.77. The van der Waals surface area contributed by atoms with Crippen LogP contribution in [0.3, 0.4) is 0 Å². The zero-order valence-electron chi connectivity index (χ0n) is 12.2. The fraction of sp³-hybridized carbons (Fsp3) is 0.500. The van der Waals surface area contributed by atoms with Gasteiger partial charge in [-0.2, -0.15) is 0 Å². The highest BCUT2D eigenvalue weighted by atomic mass is 79.9. The van der Waals surface area contributed by atoms with Crippen molar-refractivity contribution in [3.63, 3.8) is 0 Å². The average Bonchev–Trinajstić information content (AvgIpc) is 2.32. The van der Waals surface area contributed by atoms with Crippen molar-refractivity contribution in [1.82, 2.24) is 4.90 Å². The van der Waals surface area contributed by atoms with Crippen LogP contribution < -0.4 is 4.74 Å². The molecule has 1 atom stereocenters. The van der Waals surface area contributed by atoms with Crippen LogP contribution in [0, 0.1) is 20.8 Å². The summed E-state index contributed by atoms with van der Waals surface area (Å²) in [7, 11) is 5.08. The van der Waals surface area contributed by atoms with Crippen LogP contribution in [0.5, 0.6) is 5.75 Å². The van der Waals surface area contributed by atoms with E-state index in [1.54, 1.807) is 26.1 Å². The summed E-state index contributed by atoms with van der Waals surface area (Å²) < 4.78 is 6.40. The maximum Gasteiger partial charge on any atom is 0.325 e. The van der Waals surface area contributed by atoms with Gasteiger partial charge in [-0.1, -0.05) is 15.9 Å². The number of hydrogen-bond acceptors (Lipinski definition) is 3. The van der Waals surface area contributed by atoms with Crippen LogP contribution >= 0.6 is 15.9 Å². The minimum absolute atomic E-state index is 0.652. The summed E-state index contributed by atoms with van der Waals surface area (Å²) in [6.45, 7) is 5.84. The number of aliphatic carboxylic acids is 1. The molecule has 1 aromatic rings. The number of halogens is 1. The topological polar surface area (TPSA) is 49.8 Å². The Hall–Kier alpha value is -1.07. The lowest BCUT2D eigenvalue weighted by molar-refractivity contribution is -0.142. The largest absolute Gasteiger partial charge is 0.496 e. The van der Waals surface area contributed by atoms with E-state index >= 15 is 0 Å². The van der Waals surface area contributed by atoms with Crippen molar-refractivity contribution in [1.29, 1.82) is 0 Å². The van der Waals surface area contributed by atoms with Crippen LogP contribution in [-0.4, -0.2) is 37.2 Å². The van der Waals surface area contributed by atoms with Crippen LogP contribution in [0.25, 0.3) is 0 Å². The highest BCUT2D eigenvalue weighted by molar-refractivity contribution is 9.10. The van der Waals surface area contributed by atoms with Crippen LogP contribution in [0.15, 0.2) is 4.47 Å². The van der Waals surface area contributed by atoms with Gasteiger partial charge in [0.1, 0.15) is 11.8 Å². The van der Waals surface area contributed by atoms with E-state index < -0.39 is 12.0 Å². The number of rotatable bonds is 4. The molecule has 106 valence electrons. The molecule has 4 nitrogen and oxygen atoms in total. The first-order chi connectivity index (χ1) is 8.73. The Bertz CT molecular complexity index is 512. The van der Waals surface area contributed by atoms with Crippen molar-refractivity contribution in [3.05, 3.63) is 26.7 Å². The van der Waals surface area contributed by atoms with Crippen LogP contribution in [0.4, 0.5) is 0 Å². The molecule has 1 unspecified atom stereocenters. The second-order valence-electron chi connectivity index (χ2n) is 4.84. The van der Waals surface area contributed by atoms with Gasteiger partial charge in [0.15, 0.2) is 0 Å². The van der Waals surface area contributed by atoms with E-state index in [1.807, 2.05) is 20.8 Å². The van der Waals surface area contributed by atoms with Gasteiger partial charge in [-0.05, 0) is 51.6 Å². The quantitative estimate of drug-likeness (QED) is 0.922. The molecule has 0 aliphatic carbocycles. The number of likely N-dealkylation sites (N-methyl/N-ethyl adjacent to an activating group) is 1. The number of nitrogens with zero attached hydrogens (tertiary/aromatic N) is 1. The van der Waals surface area contributed by atoms with E-state index in [4.69, 9.17) is 4.74 Å². The minimum atomic E-state index is -0.887. The second-order valence-corrected chi connectivity index (χ2v) is 5.63. The number of methoxy groups -OCH3 is 1. The van der Waals surface area contributed by atoms with E-state index in [2.05, 4.69) is 15.9 Å². The van der Waals surface area contributed by atoms with Crippen LogP contribution in [0.2, 0.25) is 0 Å².